The third-order valence-electron chi connectivity index (χ3n) is 5.01. The second-order valence-electron chi connectivity index (χ2n) is 6.36. The van der Waals surface area contributed by atoms with Crippen LogP contribution in [0.5, 0.6) is 11.5 Å². The fourth-order valence-corrected chi connectivity index (χ4v) is 5.86. The van der Waals surface area contributed by atoms with Crippen molar-refractivity contribution in [1.82, 2.24) is 0 Å². The Bertz CT molecular complexity index is 715. The van der Waals surface area contributed by atoms with Gasteiger partial charge in [0, 0.05) is 17.7 Å². The largest absolute Gasteiger partial charge is 0.504 e. The lowest BCUT2D eigenvalue weighted by Gasteiger charge is -2.41. The highest BCUT2D eigenvalue weighted by molar-refractivity contribution is 8.93. The van der Waals surface area contributed by atoms with Crippen molar-refractivity contribution in [2.24, 2.45) is 10.9 Å². The number of aromatic hydroxyl groups is 2. The van der Waals surface area contributed by atoms with E-state index in [1.807, 2.05) is 17.8 Å². The Balaban J connectivity index is 0.00000156. The molecule has 122 valence electrons. The number of phenols is 2. The van der Waals surface area contributed by atoms with Crippen LogP contribution in [0.3, 0.4) is 0 Å². The minimum absolute atomic E-state index is 0. The molecule has 1 aliphatic carbocycles. The molecule has 23 heavy (non-hydrogen) atoms. The Hall–Kier alpha value is -1.20. The normalized spacial score (nSPS) is 34.3. The van der Waals surface area contributed by atoms with E-state index < -0.39 is 0 Å². The van der Waals surface area contributed by atoms with Gasteiger partial charge >= 0.3 is 0 Å². The molecule has 3 aliphatic rings. The van der Waals surface area contributed by atoms with Crippen molar-refractivity contribution in [3.63, 3.8) is 0 Å². The Kier molecular flexibility index (Phi) is 4.36. The lowest BCUT2D eigenvalue weighted by molar-refractivity contribution is 0.381. The first-order valence-electron chi connectivity index (χ1n) is 7.71. The minimum Gasteiger partial charge on any atom is -0.504 e. The molecule has 4 unspecified atom stereocenters. The Morgan fingerprint density at radius 3 is 2.83 bits per heavy atom. The van der Waals surface area contributed by atoms with Gasteiger partial charge in [-0.05, 0) is 36.1 Å². The maximum absolute atomic E-state index is 9.84. The van der Waals surface area contributed by atoms with Gasteiger partial charge in [-0.25, -0.2) is 0 Å². The van der Waals surface area contributed by atoms with E-state index in [-0.39, 0.29) is 39.1 Å². The minimum atomic E-state index is -0.0619. The molecule has 0 saturated carbocycles. The lowest BCUT2D eigenvalue weighted by Crippen LogP contribution is -2.44. The zero-order valence-electron chi connectivity index (χ0n) is 12.8. The number of allylic oxidation sites excluding steroid dienone is 3. The van der Waals surface area contributed by atoms with Gasteiger partial charge in [0.2, 0.25) is 0 Å². The topological polar surface area (TPSA) is 52.8 Å². The van der Waals surface area contributed by atoms with E-state index >= 15 is 0 Å². The van der Waals surface area contributed by atoms with Gasteiger partial charge in [-0.2, -0.15) is 0 Å². The van der Waals surface area contributed by atoms with Gasteiger partial charge in [-0.3, -0.25) is 4.99 Å². The van der Waals surface area contributed by atoms with Crippen molar-refractivity contribution in [3.05, 3.63) is 48.1 Å². The Labute approximate surface area is 151 Å². The van der Waals surface area contributed by atoms with Gasteiger partial charge in [-0.1, -0.05) is 31.2 Å². The molecule has 1 saturated heterocycles. The smallest absolute Gasteiger partial charge is 0.157 e. The molecule has 4 atom stereocenters. The summed E-state index contributed by atoms with van der Waals surface area (Å²) in [5.74, 6) is 0.654. The number of aliphatic imine (C=N–C) groups is 1. The molecule has 1 spiro atoms. The van der Waals surface area contributed by atoms with Crippen LogP contribution in [0, 0.1) is 5.92 Å². The van der Waals surface area contributed by atoms with Gasteiger partial charge in [0.05, 0.1) is 10.5 Å². The quantitative estimate of drug-likeness (QED) is 0.702. The fourth-order valence-electron chi connectivity index (χ4n) is 4.05. The second-order valence-corrected chi connectivity index (χ2v) is 8.08. The van der Waals surface area contributed by atoms with E-state index in [9.17, 15) is 10.2 Å². The van der Waals surface area contributed by atoms with Crippen molar-refractivity contribution in [3.8, 4) is 11.5 Å². The number of rotatable bonds is 1. The Morgan fingerprint density at radius 2 is 2.04 bits per heavy atom. The van der Waals surface area contributed by atoms with Crippen molar-refractivity contribution in [2.75, 3.05) is 6.54 Å². The molecule has 1 aromatic rings. The standard InChI is InChI=1S/C18H19NO2S.BrH/c1-11-8-14-13(12-5-6-15(20)16(21)9-12)10-19-17-4-2-3-7-18(14,17)22-11;/h2-7,9,11,13-14,20-21H,8,10H2,1H3;1H. The van der Waals surface area contributed by atoms with E-state index in [0.29, 0.717) is 11.2 Å². The first-order valence-corrected chi connectivity index (χ1v) is 8.58. The number of hydrogen-bond donors (Lipinski definition) is 2. The summed E-state index contributed by atoms with van der Waals surface area (Å²) >= 11 is 2.01. The predicted molar refractivity (Wildman–Crippen MR) is 101 cm³/mol. The summed E-state index contributed by atoms with van der Waals surface area (Å²) in [6, 6.07) is 5.20. The van der Waals surface area contributed by atoms with Crippen molar-refractivity contribution >= 4 is 34.5 Å². The molecular weight excluding hydrogens is 374 g/mol. The van der Waals surface area contributed by atoms with E-state index in [2.05, 4.69) is 31.2 Å². The van der Waals surface area contributed by atoms with Crippen LogP contribution in [0.1, 0.15) is 24.8 Å². The summed E-state index contributed by atoms with van der Waals surface area (Å²) in [6.45, 7) is 3.03. The molecule has 2 aliphatic heterocycles. The van der Waals surface area contributed by atoms with E-state index in [4.69, 9.17) is 4.99 Å². The van der Waals surface area contributed by atoms with E-state index in [0.717, 1.165) is 18.5 Å². The summed E-state index contributed by atoms with van der Waals surface area (Å²) < 4.78 is -0.0232. The third-order valence-corrected chi connectivity index (χ3v) is 6.65. The average Bonchev–Trinajstić information content (AvgIpc) is 2.84. The second kappa shape index (κ2) is 6.02. The van der Waals surface area contributed by atoms with Crippen LogP contribution in [0.4, 0.5) is 0 Å². The van der Waals surface area contributed by atoms with Crippen LogP contribution in [-0.4, -0.2) is 32.5 Å². The lowest BCUT2D eigenvalue weighted by atomic mass is 9.70. The zero-order valence-corrected chi connectivity index (χ0v) is 15.4. The number of nitrogens with zero attached hydrogens (tertiary/aromatic N) is 1. The summed E-state index contributed by atoms with van der Waals surface area (Å²) in [6.07, 6.45) is 9.79. The summed E-state index contributed by atoms with van der Waals surface area (Å²) in [5, 5.41) is 20.0. The molecule has 0 aromatic heterocycles. The number of thioether (sulfide) groups is 1. The van der Waals surface area contributed by atoms with Crippen molar-refractivity contribution < 1.29 is 10.2 Å². The van der Waals surface area contributed by atoms with Crippen LogP contribution >= 0.6 is 28.7 Å². The van der Waals surface area contributed by atoms with Gasteiger partial charge in [-0.15, -0.1) is 28.7 Å². The van der Waals surface area contributed by atoms with Crippen LogP contribution < -0.4 is 0 Å². The summed E-state index contributed by atoms with van der Waals surface area (Å²) in [4.78, 5) is 4.84. The van der Waals surface area contributed by atoms with Crippen LogP contribution in [0.15, 0.2) is 47.5 Å². The maximum Gasteiger partial charge on any atom is 0.157 e. The molecule has 2 heterocycles. The summed E-state index contributed by atoms with van der Waals surface area (Å²) in [5.41, 5.74) is 2.26. The molecule has 0 radical (unpaired) electrons. The predicted octanol–water partition coefficient (Wildman–Crippen LogP) is 4.22. The maximum atomic E-state index is 9.84. The summed E-state index contributed by atoms with van der Waals surface area (Å²) in [7, 11) is 0. The number of halogens is 1. The van der Waals surface area contributed by atoms with Gasteiger partial charge in [0.1, 0.15) is 0 Å². The molecule has 4 rings (SSSR count). The SMILES string of the molecule is Br.CC1CC2C(c3ccc(O)c(O)c3)CN=C3C=CC=CC32S1. The van der Waals surface area contributed by atoms with E-state index in [1.165, 1.54) is 5.71 Å². The van der Waals surface area contributed by atoms with E-state index in [1.54, 1.807) is 12.1 Å². The van der Waals surface area contributed by atoms with Crippen molar-refractivity contribution in [2.45, 2.75) is 29.3 Å². The van der Waals surface area contributed by atoms with Crippen LogP contribution in [0.25, 0.3) is 0 Å². The molecular formula is C18H20BrNO2S. The molecule has 1 aromatic carbocycles. The highest BCUT2D eigenvalue weighted by Crippen LogP contribution is 2.57. The molecule has 0 bridgehead atoms. The average molecular weight is 394 g/mol. The Morgan fingerprint density at radius 1 is 1.22 bits per heavy atom. The first kappa shape index (κ1) is 16.7. The molecule has 0 amide bonds. The molecule has 1 fully saturated rings. The molecule has 5 heteroatoms. The molecule has 3 nitrogen and oxygen atoms in total. The number of hydrogen-bond acceptors (Lipinski definition) is 4. The number of benzene rings is 1. The number of phenolic OH excluding ortho intramolecular Hbond substituents is 2. The van der Waals surface area contributed by atoms with Crippen LogP contribution in [-0.2, 0) is 0 Å². The highest BCUT2D eigenvalue weighted by atomic mass is 79.9. The van der Waals surface area contributed by atoms with Crippen molar-refractivity contribution in [1.29, 1.82) is 0 Å². The van der Waals surface area contributed by atoms with Gasteiger partial charge < -0.3 is 10.2 Å². The van der Waals surface area contributed by atoms with Gasteiger partial charge in [0.25, 0.3) is 0 Å². The fraction of sp³-hybridized carbons (Fsp3) is 0.389. The zero-order chi connectivity index (χ0) is 15.3. The molecule has 2 N–H and O–H groups in total. The van der Waals surface area contributed by atoms with Gasteiger partial charge in [0.15, 0.2) is 11.5 Å². The third kappa shape index (κ3) is 2.54. The first-order chi connectivity index (χ1) is 10.6. The highest BCUT2D eigenvalue weighted by Gasteiger charge is 2.53. The van der Waals surface area contributed by atoms with Crippen LogP contribution in [0.2, 0.25) is 0 Å². The monoisotopic (exact) mass is 393 g/mol.